The van der Waals surface area contributed by atoms with Crippen LogP contribution in [0.1, 0.15) is 5.56 Å². The Morgan fingerprint density at radius 3 is 2.64 bits per heavy atom. The number of rotatable bonds is 0. The zero-order valence-electron chi connectivity index (χ0n) is 5.31. The maximum Gasteiger partial charge on any atom is 0.143 e. The van der Waals surface area contributed by atoms with E-state index in [0.717, 1.165) is 3.57 Å². The molecule has 0 bridgehead atoms. The lowest BCUT2D eigenvalue weighted by molar-refractivity contribution is 0.619. The molecule has 0 aromatic heterocycles. The minimum Gasteiger partial charge on any atom is -0.205 e. The fourth-order valence-electron chi connectivity index (χ4n) is 0.671. The normalized spacial score (nSPS) is 9.27. The molecule has 0 saturated heterocycles. The average Bonchev–Trinajstić information content (AvgIpc) is 1.85. The molecule has 0 aliphatic rings. The van der Waals surface area contributed by atoms with E-state index in [9.17, 15) is 4.39 Å². The molecule has 0 fully saturated rings. The summed E-state index contributed by atoms with van der Waals surface area (Å²) in [5.74, 6) is -0.510. The van der Waals surface area contributed by atoms with Gasteiger partial charge in [-0.15, -0.1) is 12.6 Å². The first-order valence-corrected chi connectivity index (χ1v) is 4.26. The predicted octanol–water partition coefficient (Wildman–Crippen LogP) is 2.59. The van der Waals surface area contributed by atoms with Gasteiger partial charge in [-0.3, -0.25) is 0 Å². The largest absolute Gasteiger partial charge is 0.205 e. The van der Waals surface area contributed by atoms with Gasteiger partial charge in [-0.2, -0.15) is 5.26 Å². The van der Waals surface area contributed by atoms with E-state index in [1.54, 1.807) is 12.1 Å². The summed E-state index contributed by atoms with van der Waals surface area (Å²) < 4.78 is 13.6. The van der Waals surface area contributed by atoms with Crippen molar-refractivity contribution in [2.24, 2.45) is 0 Å². The van der Waals surface area contributed by atoms with Gasteiger partial charge in [-0.1, -0.05) is 0 Å². The second kappa shape index (κ2) is 3.41. The minimum atomic E-state index is -0.510. The zero-order chi connectivity index (χ0) is 8.43. The van der Waals surface area contributed by atoms with Crippen LogP contribution < -0.4 is 0 Å². The summed E-state index contributed by atoms with van der Waals surface area (Å²) >= 11 is 5.92. The third-order valence-corrected chi connectivity index (χ3v) is 2.12. The van der Waals surface area contributed by atoms with Crippen LogP contribution in [0.2, 0.25) is 0 Å². The van der Waals surface area contributed by atoms with Gasteiger partial charge in [0.15, 0.2) is 0 Å². The van der Waals surface area contributed by atoms with Crippen molar-refractivity contribution in [3.63, 3.8) is 0 Å². The SMILES string of the molecule is N#Cc1c(F)cc(I)cc1S. The summed E-state index contributed by atoms with van der Waals surface area (Å²) in [5, 5.41) is 8.45. The van der Waals surface area contributed by atoms with Crippen molar-refractivity contribution in [3.8, 4) is 6.07 Å². The van der Waals surface area contributed by atoms with Crippen molar-refractivity contribution < 1.29 is 4.39 Å². The molecule has 0 amide bonds. The van der Waals surface area contributed by atoms with Crippen LogP contribution in [0.15, 0.2) is 17.0 Å². The standard InChI is InChI=1S/C7H3FINS/c8-6-1-4(9)2-7(11)5(6)3-10/h1-2,11H. The first-order valence-electron chi connectivity index (χ1n) is 2.73. The van der Waals surface area contributed by atoms with E-state index >= 15 is 0 Å². The van der Waals surface area contributed by atoms with Gasteiger partial charge in [0.25, 0.3) is 0 Å². The monoisotopic (exact) mass is 279 g/mol. The Balaban J connectivity index is 3.40. The number of hydrogen-bond acceptors (Lipinski definition) is 2. The minimum absolute atomic E-state index is 0.00810. The van der Waals surface area contributed by atoms with Gasteiger partial charge in [-0.25, -0.2) is 4.39 Å². The van der Waals surface area contributed by atoms with Crippen molar-refractivity contribution in [1.82, 2.24) is 0 Å². The molecule has 4 heteroatoms. The first kappa shape index (κ1) is 8.81. The molecule has 0 saturated carbocycles. The highest BCUT2D eigenvalue weighted by Gasteiger charge is 2.05. The molecule has 1 nitrogen and oxygen atoms in total. The van der Waals surface area contributed by atoms with E-state index in [1.807, 2.05) is 22.6 Å². The van der Waals surface area contributed by atoms with Crippen LogP contribution in [-0.4, -0.2) is 0 Å². The molecule has 0 aliphatic carbocycles. The van der Waals surface area contributed by atoms with Gasteiger partial charge in [0, 0.05) is 8.47 Å². The highest BCUT2D eigenvalue weighted by Crippen LogP contribution is 2.19. The molecular formula is C7H3FINS. The molecule has 0 N–H and O–H groups in total. The molecule has 0 heterocycles. The quantitative estimate of drug-likeness (QED) is 0.572. The van der Waals surface area contributed by atoms with Crippen LogP contribution in [0.3, 0.4) is 0 Å². The number of thiol groups is 1. The predicted molar refractivity (Wildman–Crippen MR) is 51.1 cm³/mol. The smallest absolute Gasteiger partial charge is 0.143 e. The van der Waals surface area contributed by atoms with Crippen molar-refractivity contribution in [3.05, 3.63) is 27.1 Å². The van der Waals surface area contributed by atoms with E-state index < -0.39 is 5.82 Å². The number of nitrogens with zero attached hydrogens (tertiary/aromatic N) is 1. The van der Waals surface area contributed by atoms with Crippen molar-refractivity contribution in [1.29, 1.82) is 5.26 Å². The van der Waals surface area contributed by atoms with Crippen LogP contribution in [0, 0.1) is 20.7 Å². The Kier molecular flexibility index (Phi) is 2.73. The Morgan fingerprint density at radius 1 is 1.55 bits per heavy atom. The summed E-state index contributed by atoms with van der Waals surface area (Å²) in [5.41, 5.74) is 0.00810. The van der Waals surface area contributed by atoms with Crippen LogP contribution >= 0.6 is 35.2 Å². The number of nitriles is 1. The van der Waals surface area contributed by atoms with Crippen LogP contribution in [0.25, 0.3) is 0 Å². The van der Waals surface area contributed by atoms with E-state index in [0.29, 0.717) is 4.90 Å². The van der Waals surface area contributed by atoms with Gasteiger partial charge < -0.3 is 0 Å². The second-order valence-corrected chi connectivity index (χ2v) is 3.62. The number of benzene rings is 1. The highest BCUT2D eigenvalue weighted by molar-refractivity contribution is 14.1. The Labute approximate surface area is 82.8 Å². The molecule has 0 unspecified atom stereocenters. The maximum absolute atomic E-state index is 12.8. The Morgan fingerprint density at radius 2 is 2.18 bits per heavy atom. The Bertz CT molecular complexity index is 309. The molecule has 1 aromatic rings. The van der Waals surface area contributed by atoms with Crippen molar-refractivity contribution in [2.45, 2.75) is 4.90 Å². The van der Waals surface area contributed by atoms with E-state index in [2.05, 4.69) is 12.6 Å². The van der Waals surface area contributed by atoms with Gasteiger partial charge >= 0.3 is 0 Å². The molecule has 0 atom stereocenters. The van der Waals surface area contributed by atoms with Crippen molar-refractivity contribution >= 4 is 35.2 Å². The third kappa shape index (κ3) is 1.84. The summed E-state index contributed by atoms with van der Waals surface area (Å²) in [7, 11) is 0. The van der Waals surface area contributed by atoms with Crippen LogP contribution in [0.5, 0.6) is 0 Å². The second-order valence-electron chi connectivity index (χ2n) is 1.89. The number of halogens is 2. The summed E-state index contributed by atoms with van der Waals surface area (Å²) in [6, 6.07) is 4.68. The lowest BCUT2D eigenvalue weighted by atomic mass is 10.2. The molecule has 0 radical (unpaired) electrons. The Hall–Kier alpha value is -0.280. The summed E-state index contributed by atoms with van der Waals surface area (Å²) in [6.07, 6.45) is 0. The zero-order valence-corrected chi connectivity index (χ0v) is 8.36. The van der Waals surface area contributed by atoms with E-state index in [1.165, 1.54) is 6.07 Å². The van der Waals surface area contributed by atoms with E-state index in [4.69, 9.17) is 5.26 Å². The fourth-order valence-corrected chi connectivity index (χ4v) is 1.80. The molecule has 11 heavy (non-hydrogen) atoms. The molecule has 1 rings (SSSR count). The molecule has 1 aromatic carbocycles. The van der Waals surface area contributed by atoms with Gasteiger partial charge in [-0.05, 0) is 34.7 Å². The molecule has 56 valence electrons. The van der Waals surface area contributed by atoms with Gasteiger partial charge in [0.05, 0.1) is 0 Å². The summed E-state index contributed by atoms with van der Waals surface area (Å²) in [6.45, 7) is 0. The lowest BCUT2D eigenvalue weighted by Gasteiger charge is -1.97. The fraction of sp³-hybridized carbons (Fsp3) is 0. The molecule has 0 aliphatic heterocycles. The van der Waals surface area contributed by atoms with Crippen LogP contribution in [0.4, 0.5) is 4.39 Å². The molecule has 0 spiro atoms. The lowest BCUT2D eigenvalue weighted by Crippen LogP contribution is -1.86. The van der Waals surface area contributed by atoms with Crippen molar-refractivity contribution in [2.75, 3.05) is 0 Å². The molecular weight excluding hydrogens is 276 g/mol. The highest BCUT2D eigenvalue weighted by atomic mass is 127. The average molecular weight is 279 g/mol. The maximum atomic E-state index is 12.8. The number of hydrogen-bond donors (Lipinski definition) is 1. The van der Waals surface area contributed by atoms with Gasteiger partial charge in [0.1, 0.15) is 17.4 Å². The van der Waals surface area contributed by atoms with Crippen LogP contribution in [-0.2, 0) is 0 Å². The first-order chi connectivity index (χ1) is 5.15. The summed E-state index contributed by atoms with van der Waals surface area (Å²) in [4.78, 5) is 0.386. The third-order valence-electron chi connectivity index (χ3n) is 1.15. The topological polar surface area (TPSA) is 23.8 Å². The van der Waals surface area contributed by atoms with Gasteiger partial charge in [0.2, 0.25) is 0 Å². The van der Waals surface area contributed by atoms with E-state index in [-0.39, 0.29) is 5.56 Å².